The molecule has 3 aromatic carbocycles. The zero-order chi connectivity index (χ0) is 24.7. The Kier molecular flexibility index (Phi) is 7.73. The Balaban J connectivity index is 1.04. The Labute approximate surface area is 216 Å². The van der Waals surface area contributed by atoms with Gasteiger partial charge in [0.2, 0.25) is 11.8 Å². The zero-order valence-electron chi connectivity index (χ0n) is 20.2. The van der Waals surface area contributed by atoms with Gasteiger partial charge in [-0.3, -0.25) is 25.3 Å². The summed E-state index contributed by atoms with van der Waals surface area (Å²) in [5.41, 5.74) is 8.62. The summed E-state index contributed by atoms with van der Waals surface area (Å²) in [5.74, 6) is -0.369. The number of rotatable bonds is 7. The van der Waals surface area contributed by atoms with Gasteiger partial charge in [0.05, 0.1) is 11.4 Å². The Morgan fingerprint density at radius 2 is 1.19 bits per heavy atom. The average Bonchev–Trinajstić information content (AvgIpc) is 2.93. The maximum atomic E-state index is 12.5. The molecule has 186 valence electrons. The van der Waals surface area contributed by atoms with Crippen LogP contribution in [0, 0.1) is 0 Å². The van der Waals surface area contributed by atoms with Crippen molar-refractivity contribution in [2.75, 3.05) is 49.1 Å². The summed E-state index contributed by atoms with van der Waals surface area (Å²) in [4.78, 5) is 34.0. The van der Waals surface area contributed by atoms with Gasteiger partial charge in [0.1, 0.15) is 0 Å². The predicted octanol–water partition coefficient (Wildman–Crippen LogP) is 4.04. The van der Waals surface area contributed by atoms with Crippen LogP contribution in [0.4, 0.5) is 17.1 Å². The lowest BCUT2D eigenvalue weighted by Gasteiger charge is -2.36. The largest absolute Gasteiger partial charge is 0.369 e. The smallest absolute Gasteiger partial charge is 0.240 e. The third-order valence-corrected chi connectivity index (χ3v) is 7.71. The number of para-hydroxylation sites is 3. The first-order chi connectivity index (χ1) is 17.7. The number of hydrazine groups is 1. The van der Waals surface area contributed by atoms with Crippen LogP contribution in [-0.2, 0) is 9.59 Å². The van der Waals surface area contributed by atoms with Crippen molar-refractivity contribution < 1.29 is 9.59 Å². The lowest BCUT2D eigenvalue weighted by atomic mass is 10.2. The molecular formula is C28H31N5O2S. The van der Waals surface area contributed by atoms with E-state index in [9.17, 15) is 9.59 Å². The summed E-state index contributed by atoms with van der Waals surface area (Å²) < 4.78 is 0. The first-order valence-corrected chi connectivity index (χ1v) is 13.2. The molecule has 0 spiro atoms. The predicted molar refractivity (Wildman–Crippen MR) is 145 cm³/mol. The molecule has 7 nitrogen and oxygen atoms in total. The number of nitrogens with zero attached hydrogens (tertiary/aromatic N) is 3. The lowest BCUT2D eigenvalue weighted by Crippen LogP contribution is -2.48. The van der Waals surface area contributed by atoms with E-state index in [4.69, 9.17) is 0 Å². The van der Waals surface area contributed by atoms with Crippen molar-refractivity contribution in [2.24, 2.45) is 0 Å². The molecule has 36 heavy (non-hydrogen) atoms. The van der Waals surface area contributed by atoms with Crippen molar-refractivity contribution in [3.8, 4) is 0 Å². The molecule has 1 fully saturated rings. The fourth-order valence-electron chi connectivity index (χ4n) is 4.63. The second-order valence-electron chi connectivity index (χ2n) is 8.95. The minimum atomic E-state index is -0.201. The fraction of sp³-hybridized carbons (Fsp3) is 0.286. The SMILES string of the molecule is O=C(CCN1CCN(c2ccccc2)CC1)NNC(=O)CCN1c2ccccc2Sc2ccccc21. The monoisotopic (exact) mass is 501 g/mol. The molecule has 5 rings (SSSR count). The quantitative estimate of drug-likeness (QED) is 0.477. The van der Waals surface area contributed by atoms with Crippen LogP contribution in [-0.4, -0.2) is 56.0 Å². The van der Waals surface area contributed by atoms with Crippen molar-refractivity contribution in [1.29, 1.82) is 0 Å². The summed E-state index contributed by atoms with van der Waals surface area (Å²) in [6.07, 6.45) is 0.630. The summed E-state index contributed by atoms with van der Waals surface area (Å²) in [6, 6.07) is 26.9. The molecule has 1 saturated heterocycles. The summed E-state index contributed by atoms with van der Waals surface area (Å²) in [6.45, 7) is 4.95. The highest BCUT2D eigenvalue weighted by Crippen LogP contribution is 2.47. The minimum Gasteiger partial charge on any atom is -0.369 e. The van der Waals surface area contributed by atoms with Gasteiger partial charge in [0.15, 0.2) is 0 Å². The normalized spacial score (nSPS) is 15.1. The molecule has 0 bridgehead atoms. The number of nitrogens with one attached hydrogen (secondary N) is 2. The Morgan fingerprint density at radius 3 is 1.81 bits per heavy atom. The van der Waals surface area contributed by atoms with Gasteiger partial charge >= 0.3 is 0 Å². The van der Waals surface area contributed by atoms with E-state index >= 15 is 0 Å². The number of piperazine rings is 1. The van der Waals surface area contributed by atoms with Crippen molar-refractivity contribution in [2.45, 2.75) is 22.6 Å². The van der Waals surface area contributed by atoms with Crippen LogP contribution in [0.15, 0.2) is 88.7 Å². The standard InChI is InChI=1S/C28H31N5O2S/c34-27(14-16-31-18-20-32(21-19-31)22-8-2-1-3-9-22)29-30-28(35)15-17-33-23-10-4-6-12-25(23)36-26-13-7-5-11-24(26)33/h1-13H,14-21H2,(H,29,34)(H,30,35). The van der Waals surface area contributed by atoms with Crippen molar-refractivity contribution in [1.82, 2.24) is 15.8 Å². The molecule has 0 aliphatic carbocycles. The molecule has 0 radical (unpaired) electrons. The second-order valence-corrected chi connectivity index (χ2v) is 10.0. The topological polar surface area (TPSA) is 67.9 Å². The zero-order valence-corrected chi connectivity index (χ0v) is 21.0. The highest BCUT2D eigenvalue weighted by molar-refractivity contribution is 7.99. The van der Waals surface area contributed by atoms with Gasteiger partial charge in [-0.2, -0.15) is 0 Å². The van der Waals surface area contributed by atoms with Crippen LogP contribution in [0.5, 0.6) is 0 Å². The van der Waals surface area contributed by atoms with E-state index in [-0.39, 0.29) is 18.2 Å². The molecule has 3 aromatic rings. The Hall–Kier alpha value is -3.49. The molecule has 0 aromatic heterocycles. The molecule has 2 aliphatic heterocycles. The van der Waals surface area contributed by atoms with E-state index in [1.165, 1.54) is 15.5 Å². The Morgan fingerprint density at radius 1 is 0.667 bits per heavy atom. The maximum Gasteiger partial charge on any atom is 0.240 e. The number of carbonyl (C=O) groups excluding carboxylic acids is 2. The lowest BCUT2D eigenvalue weighted by molar-refractivity contribution is -0.129. The van der Waals surface area contributed by atoms with Gasteiger partial charge in [-0.15, -0.1) is 0 Å². The van der Waals surface area contributed by atoms with Crippen LogP contribution in [0.2, 0.25) is 0 Å². The molecule has 2 amide bonds. The molecule has 0 saturated carbocycles. The highest BCUT2D eigenvalue weighted by Gasteiger charge is 2.23. The summed E-state index contributed by atoms with van der Waals surface area (Å²) in [5, 5.41) is 0. The van der Waals surface area contributed by atoms with E-state index in [0.717, 1.165) is 37.6 Å². The first-order valence-electron chi connectivity index (χ1n) is 12.4. The van der Waals surface area contributed by atoms with Crippen molar-refractivity contribution in [3.05, 3.63) is 78.9 Å². The number of hydrogen-bond donors (Lipinski definition) is 2. The number of hydrogen-bond acceptors (Lipinski definition) is 6. The van der Waals surface area contributed by atoms with Gasteiger partial charge < -0.3 is 9.80 Å². The van der Waals surface area contributed by atoms with Crippen LogP contribution in [0.3, 0.4) is 0 Å². The maximum absolute atomic E-state index is 12.5. The molecule has 0 unspecified atom stereocenters. The first kappa shape index (κ1) is 24.2. The fourth-order valence-corrected chi connectivity index (χ4v) is 5.72. The molecule has 8 heteroatoms. The summed E-state index contributed by atoms with van der Waals surface area (Å²) in [7, 11) is 0. The van der Waals surface area contributed by atoms with Gasteiger partial charge in [-0.25, -0.2) is 0 Å². The Bertz CT molecular complexity index is 1150. The van der Waals surface area contributed by atoms with E-state index in [0.29, 0.717) is 19.5 Å². The van der Waals surface area contributed by atoms with E-state index in [1.807, 2.05) is 30.3 Å². The van der Waals surface area contributed by atoms with Crippen LogP contribution < -0.4 is 20.7 Å². The molecule has 0 atom stereocenters. The molecule has 2 N–H and O–H groups in total. The van der Waals surface area contributed by atoms with Gasteiger partial charge in [0, 0.05) is 67.6 Å². The minimum absolute atomic E-state index is 0.168. The van der Waals surface area contributed by atoms with E-state index in [2.05, 4.69) is 74.1 Å². The van der Waals surface area contributed by atoms with Crippen LogP contribution in [0.1, 0.15) is 12.8 Å². The van der Waals surface area contributed by atoms with Gasteiger partial charge in [0.25, 0.3) is 0 Å². The number of amides is 2. The molecular weight excluding hydrogens is 470 g/mol. The highest BCUT2D eigenvalue weighted by atomic mass is 32.2. The van der Waals surface area contributed by atoms with Crippen molar-refractivity contribution in [3.63, 3.8) is 0 Å². The van der Waals surface area contributed by atoms with Gasteiger partial charge in [-0.05, 0) is 36.4 Å². The number of fused-ring (bicyclic) bond motifs is 2. The number of anilines is 3. The third kappa shape index (κ3) is 5.83. The molecule has 2 aliphatic rings. The van der Waals surface area contributed by atoms with Gasteiger partial charge in [-0.1, -0.05) is 54.2 Å². The average molecular weight is 502 g/mol. The second kappa shape index (κ2) is 11.5. The van der Waals surface area contributed by atoms with Crippen molar-refractivity contribution >= 4 is 40.6 Å². The van der Waals surface area contributed by atoms with Crippen LogP contribution in [0.25, 0.3) is 0 Å². The summed E-state index contributed by atoms with van der Waals surface area (Å²) >= 11 is 1.74. The van der Waals surface area contributed by atoms with E-state index in [1.54, 1.807) is 11.8 Å². The molecule has 2 heterocycles. The number of carbonyl (C=O) groups is 2. The third-order valence-electron chi connectivity index (χ3n) is 6.58. The number of benzene rings is 3. The van der Waals surface area contributed by atoms with Crippen LogP contribution >= 0.6 is 11.8 Å². The van der Waals surface area contributed by atoms with E-state index < -0.39 is 0 Å².